The van der Waals surface area contributed by atoms with E-state index in [4.69, 9.17) is 0 Å². The molecule has 4 aromatic rings. The van der Waals surface area contributed by atoms with E-state index in [0.717, 1.165) is 30.4 Å². The Labute approximate surface area is 140 Å². The number of hydrogen-bond acceptors (Lipinski definition) is 2. The van der Waals surface area contributed by atoms with Gasteiger partial charge in [0, 0.05) is 18.4 Å². The first kappa shape index (κ1) is 13.5. The van der Waals surface area contributed by atoms with E-state index in [1.54, 1.807) is 0 Å². The highest BCUT2D eigenvalue weighted by Gasteiger charge is 2.25. The number of aromatic nitrogens is 4. The maximum Gasteiger partial charge on any atom is 0.113 e. The summed E-state index contributed by atoms with van der Waals surface area (Å²) in [6.45, 7) is 1.07. The van der Waals surface area contributed by atoms with Crippen molar-refractivity contribution in [2.45, 2.75) is 25.4 Å². The van der Waals surface area contributed by atoms with Crippen LogP contribution < -0.4 is 0 Å². The molecular weight excluding hydrogens is 296 g/mol. The molecule has 2 aromatic heterocycles. The summed E-state index contributed by atoms with van der Waals surface area (Å²) in [4.78, 5) is 0. The third-order valence-electron chi connectivity index (χ3n) is 4.93. The summed E-state index contributed by atoms with van der Waals surface area (Å²) in [5, 5.41) is 8.79. The minimum atomic E-state index is 0.253. The lowest BCUT2D eigenvalue weighted by molar-refractivity contribution is 0.390. The predicted octanol–water partition coefficient (Wildman–Crippen LogP) is 4.28. The minimum Gasteiger partial charge on any atom is -0.349 e. The standard InChI is InChI=1S/C20H18N4/c1-2-7-15(8-3-1)16-13-20-19(11-6-12-23(20)14-16)24-18-10-5-4-9-17(18)21-22-24/h1-5,7-10,13-14,19H,6,11-12H2. The van der Waals surface area contributed by atoms with Gasteiger partial charge in [0.1, 0.15) is 5.52 Å². The lowest BCUT2D eigenvalue weighted by Crippen LogP contribution is -2.21. The number of fused-ring (bicyclic) bond motifs is 2. The molecule has 1 atom stereocenters. The zero-order valence-corrected chi connectivity index (χ0v) is 13.3. The highest BCUT2D eigenvalue weighted by Crippen LogP contribution is 2.34. The number of rotatable bonds is 2. The van der Waals surface area contributed by atoms with Crippen LogP contribution in [0, 0.1) is 0 Å². The zero-order chi connectivity index (χ0) is 15.9. The average Bonchev–Trinajstić information content (AvgIpc) is 3.26. The monoisotopic (exact) mass is 314 g/mol. The van der Waals surface area contributed by atoms with Crippen molar-refractivity contribution >= 4 is 11.0 Å². The number of para-hydroxylation sites is 1. The highest BCUT2D eigenvalue weighted by atomic mass is 15.4. The van der Waals surface area contributed by atoms with Gasteiger partial charge in [-0.25, -0.2) is 4.68 Å². The van der Waals surface area contributed by atoms with Gasteiger partial charge < -0.3 is 4.57 Å². The summed E-state index contributed by atoms with van der Waals surface area (Å²) in [6.07, 6.45) is 4.54. The molecule has 0 radical (unpaired) electrons. The highest BCUT2D eigenvalue weighted by molar-refractivity contribution is 5.74. The second-order valence-electron chi connectivity index (χ2n) is 6.39. The number of hydrogen-bond donors (Lipinski definition) is 0. The van der Waals surface area contributed by atoms with Crippen LogP contribution >= 0.6 is 0 Å². The summed E-state index contributed by atoms with van der Waals surface area (Å²) in [7, 11) is 0. The molecule has 0 saturated heterocycles. The molecule has 0 fully saturated rings. The largest absolute Gasteiger partial charge is 0.349 e. The third-order valence-corrected chi connectivity index (χ3v) is 4.93. The first-order chi connectivity index (χ1) is 11.9. The molecule has 3 heterocycles. The Morgan fingerprint density at radius 1 is 0.917 bits per heavy atom. The van der Waals surface area contributed by atoms with E-state index in [1.807, 2.05) is 12.1 Å². The first-order valence-electron chi connectivity index (χ1n) is 8.45. The Kier molecular flexibility index (Phi) is 3.01. The van der Waals surface area contributed by atoms with Gasteiger partial charge in [-0.05, 0) is 42.2 Å². The molecule has 0 aliphatic carbocycles. The molecule has 0 bridgehead atoms. The van der Waals surface area contributed by atoms with E-state index in [9.17, 15) is 0 Å². The van der Waals surface area contributed by atoms with E-state index in [0.29, 0.717) is 0 Å². The SMILES string of the molecule is c1ccc(-c2cc3n(c2)CCCC3n2nnc3ccccc32)cc1. The molecule has 2 aromatic carbocycles. The summed E-state index contributed by atoms with van der Waals surface area (Å²) in [5.74, 6) is 0. The predicted molar refractivity (Wildman–Crippen MR) is 94.8 cm³/mol. The van der Waals surface area contributed by atoms with Crippen LogP contribution in [0.4, 0.5) is 0 Å². The lowest BCUT2D eigenvalue weighted by atomic mass is 10.0. The van der Waals surface area contributed by atoms with Crippen molar-refractivity contribution in [3.8, 4) is 11.1 Å². The van der Waals surface area contributed by atoms with Crippen LogP contribution in [0.2, 0.25) is 0 Å². The molecular formula is C20H18N4. The minimum absolute atomic E-state index is 0.253. The normalized spacial score (nSPS) is 17.1. The maximum absolute atomic E-state index is 4.45. The number of benzene rings is 2. The summed E-state index contributed by atoms with van der Waals surface area (Å²) in [5.41, 5.74) is 5.95. The lowest BCUT2D eigenvalue weighted by Gasteiger charge is -2.25. The Bertz CT molecular complexity index is 997. The van der Waals surface area contributed by atoms with E-state index in [1.165, 1.54) is 16.8 Å². The van der Waals surface area contributed by atoms with Crippen molar-refractivity contribution in [3.63, 3.8) is 0 Å². The Balaban J connectivity index is 1.63. The molecule has 4 nitrogen and oxygen atoms in total. The Morgan fingerprint density at radius 2 is 1.75 bits per heavy atom. The van der Waals surface area contributed by atoms with E-state index >= 15 is 0 Å². The van der Waals surface area contributed by atoms with Crippen LogP contribution in [0.3, 0.4) is 0 Å². The summed E-state index contributed by atoms with van der Waals surface area (Å²) in [6, 6.07) is 21.3. The molecule has 1 aliphatic rings. The molecule has 5 rings (SSSR count). The average molecular weight is 314 g/mol. The molecule has 0 amide bonds. The smallest absolute Gasteiger partial charge is 0.113 e. The fourth-order valence-corrected chi connectivity index (χ4v) is 3.76. The van der Waals surface area contributed by atoms with E-state index in [-0.39, 0.29) is 6.04 Å². The van der Waals surface area contributed by atoms with Gasteiger partial charge in [-0.3, -0.25) is 0 Å². The Morgan fingerprint density at radius 3 is 2.67 bits per heavy atom. The van der Waals surface area contributed by atoms with E-state index in [2.05, 4.69) is 74.3 Å². The van der Waals surface area contributed by atoms with Crippen molar-refractivity contribution < 1.29 is 0 Å². The zero-order valence-electron chi connectivity index (χ0n) is 13.3. The van der Waals surface area contributed by atoms with E-state index < -0.39 is 0 Å². The molecule has 4 heteroatoms. The summed E-state index contributed by atoms with van der Waals surface area (Å²) >= 11 is 0. The van der Waals surface area contributed by atoms with Crippen LogP contribution in [-0.4, -0.2) is 19.6 Å². The first-order valence-corrected chi connectivity index (χ1v) is 8.45. The van der Waals surface area contributed by atoms with Gasteiger partial charge in [-0.15, -0.1) is 5.10 Å². The van der Waals surface area contributed by atoms with Crippen LogP contribution in [0.5, 0.6) is 0 Å². The second kappa shape index (κ2) is 5.34. The van der Waals surface area contributed by atoms with Crippen LogP contribution in [0.25, 0.3) is 22.2 Å². The van der Waals surface area contributed by atoms with Crippen molar-refractivity contribution in [2.24, 2.45) is 0 Å². The molecule has 1 unspecified atom stereocenters. The summed E-state index contributed by atoms with van der Waals surface area (Å²) < 4.78 is 4.47. The van der Waals surface area contributed by atoms with Crippen LogP contribution in [0.15, 0.2) is 66.9 Å². The quantitative estimate of drug-likeness (QED) is 0.553. The number of nitrogens with zero attached hydrogens (tertiary/aromatic N) is 4. The molecule has 0 N–H and O–H groups in total. The second-order valence-corrected chi connectivity index (χ2v) is 6.39. The van der Waals surface area contributed by atoms with Gasteiger partial charge in [-0.1, -0.05) is 47.7 Å². The van der Waals surface area contributed by atoms with Gasteiger partial charge in [-0.2, -0.15) is 0 Å². The van der Waals surface area contributed by atoms with Crippen molar-refractivity contribution in [3.05, 3.63) is 72.6 Å². The topological polar surface area (TPSA) is 35.6 Å². The Hall–Kier alpha value is -2.88. The molecule has 24 heavy (non-hydrogen) atoms. The van der Waals surface area contributed by atoms with Crippen molar-refractivity contribution in [1.29, 1.82) is 0 Å². The number of aryl methyl sites for hydroxylation is 1. The van der Waals surface area contributed by atoms with Gasteiger partial charge >= 0.3 is 0 Å². The molecule has 118 valence electrons. The van der Waals surface area contributed by atoms with Crippen molar-refractivity contribution in [2.75, 3.05) is 0 Å². The van der Waals surface area contributed by atoms with Crippen LogP contribution in [0.1, 0.15) is 24.6 Å². The van der Waals surface area contributed by atoms with Gasteiger partial charge in [0.2, 0.25) is 0 Å². The van der Waals surface area contributed by atoms with Crippen molar-refractivity contribution in [1.82, 2.24) is 19.6 Å². The van der Waals surface area contributed by atoms with Gasteiger partial charge in [0.25, 0.3) is 0 Å². The van der Waals surface area contributed by atoms with Crippen LogP contribution in [-0.2, 0) is 6.54 Å². The fraction of sp³-hybridized carbons (Fsp3) is 0.200. The maximum atomic E-state index is 4.45. The molecule has 0 spiro atoms. The van der Waals surface area contributed by atoms with Gasteiger partial charge in [0.15, 0.2) is 0 Å². The van der Waals surface area contributed by atoms with Gasteiger partial charge in [0.05, 0.1) is 11.6 Å². The third kappa shape index (κ3) is 2.07. The molecule has 0 saturated carbocycles. The fourth-order valence-electron chi connectivity index (χ4n) is 3.76. The molecule has 1 aliphatic heterocycles.